The number of carbonyl (C=O) groups excluding carboxylic acids is 1. The highest BCUT2D eigenvalue weighted by Crippen LogP contribution is 2.32. The number of aromatic amines is 1. The van der Waals surface area contributed by atoms with Crippen molar-refractivity contribution in [3.8, 4) is 0 Å². The molecule has 1 amide bonds. The molecule has 0 aliphatic carbocycles. The number of rotatable bonds is 2. The molecule has 3 aromatic heterocycles. The third kappa shape index (κ3) is 2.19. The topological polar surface area (TPSA) is 86.8 Å². The number of piperidine rings is 1. The minimum Gasteiger partial charge on any atom is -0.357 e. The van der Waals surface area contributed by atoms with Crippen molar-refractivity contribution in [1.82, 2.24) is 25.3 Å². The Kier molecular flexibility index (Phi) is 3.33. The van der Waals surface area contributed by atoms with E-state index in [2.05, 4.69) is 30.2 Å². The first-order valence-electron chi connectivity index (χ1n) is 7.68. The van der Waals surface area contributed by atoms with Gasteiger partial charge in [0, 0.05) is 25.2 Å². The van der Waals surface area contributed by atoms with E-state index in [1.165, 1.54) is 6.33 Å². The maximum Gasteiger partial charge on any atom is 0.242 e. The molecule has 1 aliphatic heterocycles. The fourth-order valence-electron chi connectivity index (χ4n) is 3.20. The first-order valence-corrected chi connectivity index (χ1v) is 7.68. The number of hydrogen-bond donors (Lipinski definition) is 2. The molecule has 1 radical (unpaired) electrons. The summed E-state index contributed by atoms with van der Waals surface area (Å²) in [5, 5.41) is 4.65. The van der Waals surface area contributed by atoms with Gasteiger partial charge in [0.1, 0.15) is 23.8 Å². The fourth-order valence-corrected chi connectivity index (χ4v) is 3.20. The molecule has 7 heteroatoms. The van der Waals surface area contributed by atoms with Crippen LogP contribution in [0.1, 0.15) is 12.8 Å². The third-order valence-electron chi connectivity index (χ3n) is 4.28. The van der Waals surface area contributed by atoms with Crippen LogP contribution in [0.5, 0.6) is 0 Å². The SMILES string of the molecule is CNC(=O)C1[CH]CCCN1c1ncnc2cnc3[nH]ccc3c12. The monoisotopic (exact) mass is 309 g/mol. The zero-order chi connectivity index (χ0) is 15.8. The van der Waals surface area contributed by atoms with E-state index in [1.54, 1.807) is 13.2 Å². The lowest BCUT2D eigenvalue weighted by atomic mass is 10.0. The second kappa shape index (κ2) is 5.49. The molecule has 117 valence electrons. The van der Waals surface area contributed by atoms with Crippen LogP contribution in [0.25, 0.3) is 21.9 Å². The van der Waals surface area contributed by atoms with Crippen LogP contribution >= 0.6 is 0 Å². The average Bonchev–Trinajstić information content (AvgIpc) is 3.09. The zero-order valence-corrected chi connectivity index (χ0v) is 12.8. The van der Waals surface area contributed by atoms with Gasteiger partial charge in [-0.1, -0.05) is 0 Å². The maximum atomic E-state index is 12.3. The molecule has 0 spiro atoms. The molecule has 4 heterocycles. The van der Waals surface area contributed by atoms with E-state index in [-0.39, 0.29) is 11.9 Å². The van der Waals surface area contributed by atoms with Crippen molar-refractivity contribution in [2.24, 2.45) is 0 Å². The fraction of sp³-hybridized carbons (Fsp3) is 0.312. The number of carbonyl (C=O) groups is 1. The van der Waals surface area contributed by atoms with E-state index in [0.29, 0.717) is 0 Å². The van der Waals surface area contributed by atoms with E-state index in [0.717, 1.165) is 47.1 Å². The summed E-state index contributed by atoms with van der Waals surface area (Å²) in [6, 6.07) is 1.66. The molecule has 4 rings (SSSR count). The zero-order valence-electron chi connectivity index (χ0n) is 12.8. The number of fused-ring (bicyclic) bond motifs is 3. The molecule has 1 unspecified atom stereocenters. The van der Waals surface area contributed by atoms with Crippen LogP contribution in [0, 0.1) is 6.42 Å². The molecule has 1 fully saturated rings. The molecular formula is C16H17N6O. The van der Waals surface area contributed by atoms with Crippen molar-refractivity contribution in [1.29, 1.82) is 0 Å². The first kappa shape index (κ1) is 13.9. The van der Waals surface area contributed by atoms with Gasteiger partial charge < -0.3 is 15.2 Å². The summed E-state index contributed by atoms with van der Waals surface area (Å²) in [6.45, 7) is 0.787. The van der Waals surface area contributed by atoms with Crippen molar-refractivity contribution in [2.45, 2.75) is 18.9 Å². The van der Waals surface area contributed by atoms with Crippen molar-refractivity contribution < 1.29 is 4.79 Å². The number of H-pyrrole nitrogens is 1. The molecule has 23 heavy (non-hydrogen) atoms. The predicted molar refractivity (Wildman–Crippen MR) is 87.9 cm³/mol. The normalized spacial score (nSPS) is 18.5. The van der Waals surface area contributed by atoms with Crippen LogP contribution in [-0.2, 0) is 4.79 Å². The largest absolute Gasteiger partial charge is 0.357 e. The molecule has 2 N–H and O–H groups in total. The lowest BCUT2D eigenvalue weighted by molar-refractivity contribution is -0.121. The predicted octanol–water partition coefficient (Wildman–Crippen LogP) is 1.43. The van der Waals surface area contributed by atoms with Gasteiger partial charge in [-0.3, -0.25) is 4.79 Å². The lowest BCUT2D eigenvalue weighted by Gasteiger charge is -2.35. The number of likely N-dealkylation sites (N-methyl/N-ethyl adjacent to an activating group) is 1. The standard InChI is InChI=1S/C16H17N6O/c1-17-16(23)12-4-2-3-7-22(12)15-13-10-5-6-18-14(10)19-8-11(13)20-9-21-15/h4-6,8-9,12H,2-3,7H2,1H3,(H,17,23)(H,18,19). The van der Waals surface area contributed by atoms with Crippen molar-refractivity contribution in [3.05, 3.63) is 31.2 Å². The van der Waals surface area contributed by atoms with Crippen LogP contribution in [0.15, 0.2) is 24.8 Å². The molecule has 1 atom stereocenters. The highest BCUT2D eigenvalue weighted by Gasteiger charge is 2.30. The van der Waals surface area contributed by atoms with Gasteiger partial charge in [-0.2, -0.15) is 0 Å². The number of nitrogens with one attached hydrogen (secondary N) is 2. The summed E-state index contributed by atoms with van der Waals surface area (Å²) in [5.74, 6) is 0.766. The Balaban J connectivity index is 1.93. The van der Waals surface area contributed by atoms with Crippen LogP contribution in [0.3, 0.4) is 0 Å². The molecule has 7 nitrogen and oxygen atoms in total. The van der Waals surface area contributed by atoms with Crippen molar-refractivity contribution in [2.75, 3.05) is 18.5 Å². The number of hydrogen-bond acceptors (Lipinski definition) is 5. The Morgan fingerprint density at radius 1 is 1.39 bits per heavy atom. The third-order valence-corrected chi connectivity index (χ3v) is 4.28. The van der Waals surface area contributed by atoms with Gasteiger partial charge in [-0.15, -0.1) is 0 Å². The van der Waals surface area contributed by atoms with E-state index in [9.17, 15) is 4.79 Å². The van der Waals surface area contributed by atoms with Gasteiger partial charge in [0.05, 0.1) is 17.1 Å². The lowest BCUT2D eigenvalue weighted by Crippen LogP contribution is -2.49. The number of amides is 1. The Bertz CT molecular complexity index is 873. The first-order chi connectivity index (χ1) is 11.3. The van der Waals surface area contributed by atoms with E-state index >= 15 is 0 Å². The quantitative estimate of drug-likeness (QED) is 0.748. The van der Waals surface area contributed by atoms with Gasteiger partial charge in [-0.25, -0.2) is 15.0 Å². The molecule has 1 saturated heterocycles. The number of pyridine rings is 1. The maximum absolute atomic E-state index is 12.3. The Morgan fingerprint density at radius 2 is 2.30 bits per heavy atom. The molecule has 0 saturated carbocycles. The summed E-state index contributed by atoms with van der Waals surface area (Å²) in [6.07, 6.45) is 9.10. The average molecular weight is 309 g/mol. The summed E-state index contributed by atoms with van der Waals surface area (Å²) >= 11 is 0. The molecule has 1 aliphatic rings. The Hall–Kier alpha value is -2.70. The second-order valence-electron chi connectivity index (χ2n) is 5.59. The van der Waals surface area contributed by atoms with Gasteiger partial charge in [0.15, 0.2) is 0 Å². The summed E-state index contributed by atoms with van der Waals surface area (Å²) in [4.78, 5) is 30.6. The van der Waals surface area contributed by atoms with E-state index < -0.39 is 0 Å². The summed E-state index contributed by atoms with van der Waals surface area (Å²) in [5.41, 5.74) is 1.58. The van der Waals surface area contributed by atoms with Gasteiger partial charge in [0.2, 0.25) is 5.91 Å². The molecular weight excluding hydrogens is 292 g/mol. The summed E-state index contributed by atoms with van der Waals surface area (Å²) < 4.78 is 0. The molecule has 0 aromatic carbocycles. The highest BCUT2D eigenvalue weighted by molar-refractivity contribution is 6.09. The smallest absolute Gasteiger partial charge is 0.242 e. The van der Waals surface area contributed by atoms with Crippen LogP contribution in [-0.4, -0.2) is 45.5 Å². The number of anilines is 1. The van der Waals surface area contributed by atoms with Crippen molar-refractivity contribution >= 4 is 33.7 Å². The number of nitrogens with zero attached hydrogens (tertiary/aromatic N) is 4. The minimum absolute atomic E-state index is 0.0177. The Labute approximate surface area is 133 Å². The van der Waals surface area contributed by atoms with Gasteiger partial charge in [-0.05, 0) is 25.3 Å². The second-order valence-corrected chi connectivity index (χ2v) is 5.59. The van der Waals surface area contributed by atoms with Gasteiger partial charge >= 0.3 is 0 Å². The van der Waals surface area contributed by atoms with E-state index in [4.69, 9.17) is 0 Å². The minimum atomic E-state index is -0.311. The van der Waals surface area contributed by atoms with Gasteiger partial charge in [0.25, 0.3) is 0 Å². The van der Waals surface area contributed by atoms with Crippen LogP contribution in [0.2, 0.25) is 0 Å². The number of aromatic nitrogens is 4. The van der Waals surface area contributed by atoms with E-state index in [1.807, 2.05) is 18.7 Å². The molecule has 3 aromatic rings. The van der Waals surface area contributed by atoms with Crippen molar-refractivity contribution in [3.63, 3.8) is 0 Å². The van der Waals surface area contributed by atoms with Crippen LogP contribution < -0.4 is 10.2 Å². The Morgan fingerprint density at radius 3 is 3.17 bits per heavy atom. The van der Waals surface area contributed by atoms with Crippen LogP contribution in [0.4, 0.5) is 5.82 Å². The highest BCUT2D eigenvalue weighted by atomic mass is 16.2. The molecule has 0 bridgehead atoms. The summed E-state index contributed by atoms with van der Waals surface area (Å²) in [7, 11) is 1.66.